The second-order valence-corrected chi connectivity index (χ2v) is 13.0. The third kappa shape index (κ3) is 4.10. The minimum atomic E-state index is -1.78. The van der Waals surface area contributed by atoms with Gasteiger partial charge in [-0.1, -0.05) is 61.1 Å². The fourth-order valence-corrected chi connectivity index (χ4v) is 8.50. The Balaban J connectivity index is 1.97. The third-order valence-corrected chi connectivity index (χ3v) is 8.28. The zero-order valence-electron chi connectivity index (χ0n) is 15.9. The van der Waals surface area contributed by atoms with Gasteiger partial charge in [-0.05, 0) is 56.0 Å². The van der Waals surface area contributed by atoms with E-state index in [9.17, 15) is 4.39 Å². The highest BCUT2D eigenvalue weighted by Gasteiger charge is 2.41. The first-order valence-electron chi connectivity index (χ1n) is 8.99. The molecule has 0 amide bonds. The summed E-state index contributed by atoms with van der Waals surface area (Å²) in [6, 6.07) is 15.7. The van der Waals surface area contributed by atoms with Crippen molar-refractivity contribution in [2.24, 2.45) is 0 Å². The molecule has 3 heteroatoms. The van der Waals surface area contributed by atoms with E-state index in [1.807, 2.05) is 12.1 Å². The van der Waals surface area contributed by atoms with E-state index in [0.717, 1.165) is 6.42 Å². The van der Waals surface area contributed by atoms with Gasteiger partial charge >= 0.3 is 0 Å². The van der Waals surface area contributed by atoms with Crippen molar-refractivity contribution >= 4 is 14.3 Å². The van der Waals surface area contributed by atoms with Gasteiger partial charge in [-0.2, -0.15) is 0 Å². The van der Waals surface area contributed by atoms with Crippen molar-refractivity contribution in [3.63, 3.8) is 0 Å². The molecule has 1 atom stereocenters. The number of halogens is 1. The minimum absolute atomic E-state index is 0.0915. The van der Waals surface area contributed by atoms with Gasteiger partial charge in [0.05, 0.1) is 0 Å². The van der Waals surface area contributed by atoms with E-state index < -0.39 is 8.24 Å². The Hall–Kier alpha value is -1.71. The van der Waals surface area contributed by atoms with Crippen molar-refractivity contribution in [3.8, 4) is 0 Å². The van der Waals surface area contributed by atoms with Crippen molar-refractivity contribution in [1.82, 2.24) is 4.98 Å². The Kier molecular flexibility index (Phi) is 4.73. The molecule has 2 aromatic carbocycles. The molecule has 132 valence electrons. The molecule has 1 N–H and O–H groups in total. The van der Waals surface area contributed by atoms with Crippen LogP contribution in [0.4, 0.5) is 4.39 Å². The zero-order valence-corrected chi connectivity index (χ0v) is 16.9. The second-order valence-electron chi connectivity index (χ2n) is 8.68. The summed E-state index contributed by atoms with van der Waals surface area (Å²) >= 11 is 0. The van der Waals surface area contributed by atoms with Gasteiger partial charge in [-0.25, -0.2) is 4.39 Å². The van der Waals surface area contributed by atoms with Crippen LogP contribution in [-0.2, 0) is 6.42 Å². The normalized spacial score (nSPS) is 17.4. The summed E-state index contributed by atoms with van der Waals surface area (Å²) in [5.41, 5.74) is 5.92. The smallest absolute Gasteiger partial charge is 0.131 e. The lowest BCUT2D eigenvalue weighted by Crippen LogP contribution is -2.58. The lowest BCUT2D eigenvalue weighted by atomic mass is 10.0. The van der Waals surface area contributed by atoms with Gasteiger partial charge in [0.1, 0.15) is 14.1 Å². The molecule has 0 saturated carbocycles. The summed E-state index contributed by atoms with van der Waals surface area (Å²) < 4.78 is 13.2. The lowest BCUT2D eigenvalue weighted by molar-refractivity contribution is 0.508. The Morgan fingerprint density at radius 2 is 1.64 bits per heavy atom. The van der Waals surface area contributed by atoms with Gasteiger partial charge in [0.15, 0.2) is 0 Å². The maximum absolute atomic E-state index is 13.2. The van der Waals surface area contributed by atoms with Gasteiger partial charge < -0.3 is 4.98 Å². The van der Waals surface area contributed by atoms with Crippen LogP contribution in [0.3, 0.4) is 0 Å². The van der Waals surface area contributed by atoms with Crippen LogP contribution in [0, 0.1) is 5.82 Å². The highest BCUT2D eigenvalue weighted by molar-refractivity contribution is 6.77. The summed E-state index contributed by atoms with van der Waals surface area (Å²) in [7, 11) is -1.78. The Morgan fingerprint density at radius 3 is 2.28 bits per heavy atom. The first kappa shape index (κ1) is 18.1. The Labute approximate surface area is 152 Å². The predicted molar refractivity (Wildman–Crippen MR) is 108 cm³/mol. The number of rotatable bonds is 4. The number of benzene rings is 2. The maximum Gasteiger partial charge on any atom is 0.131 e. The first-order valence-corrected chi connectivity index (χ1v) is 12.1. The van der Waals surface area contributed by atoms with E-state index >= 15 is 0 Å². The van der Waals surface area contributed by atoms with Crippen LogP contribution in [-0.4, -0.2) is 13.8 Å². The summed E-state index contributed by atoms with van der Waals surface area (Å²) in [6.07, 6.45) is 3.23. The molecule has 0 heterocycles. The maximum atomic E-state index is 13.2. The van der Waals surface area contributed by atoms with Crippen LogP contribution in [0.2, 0.25) is 13.1 Å². The van der Waals surface area contributed by atoms with Crippen LogP contribution >= 0.6 is 0 Å². The standard InChI is InChI=1S/C22H28FNSi/c1-22(2,3)24-25(4,5)21-18(14-16-10-12-19(23)13-11-16)15-17-8-6-7-9-20(17)21/h6-13,15,21,24H,14H2,1-5H3. The van der Waals surface area contributed by atoms with Gasteiger partial charge in [0.25, 0.3) is 0 Å². The van der Waals surface area contributed by atoms with Gasteiger partial charge in [-0.15, -0.1) is 0 Å². The molecule has 25 heavy (non-hydrogen) atoms. The quantitative estimate of drug-likeness (QED) is 0.697. The molecule has 2 aromatic rings. The van der Waals surface area contributed by atoms with Crippen molar-refractivity contribution in [1.29, 1.82) is 0 Å². The number of hydrogen-bond donors (Lipinski definition) is 1. The van der Waals surface area contributed by atoms with Crippen LogP contribution in [0.25, 0.3) is 6.08 Å². The molecule has 1 nitrogen and oxygen atoms in total. The SMILES string of the molecule is CC(C)(C)N[Si](C)(C)C1C(Cc2ccc(F)cc2)=Cc2ccccc21. The molecule has 0 saturated heterocycles. The highest BCUT2D eigenvalue weighted by atomic mass is 28.3. The molecule has 0 aliphatic heterocycles. The summed E-state index contributed by atoms with van der Waals surface area (Å²) in [5, 5.41) is 0. The van der Waals surface area contributed by atoms with Crippen LogP contribution in [0.5, 0.6) is 0 Å². The molecule has 1 unspecified atom stereocenters. The van der Waals surface area contributed by atoms with Gasteiger partial charge in [0, 0.05) is 11.1 Å². The summed E-state index contributed by atoms with van der Waals surface area (Å²) in [5.74, 6) is -0.173. The van der Waals surface area contributed by atoms with E-state index in [4.69, 9.17) is 0 Å². The molecule has 3 rings (SSSR count). The summed E-state index contributed by atoms with van der Waals surface area (Å²) in [4.78, 5) is 3.94. The molecule has 0 bridgehead atoms. The van der Waals surface area contributed by atoms with E-state index in [0.29, 0.717) is 5.54 Å². The molecule has 0 aromatic heterocycles. The largest absolute Gasteiger partial charge is 0.332 e. The first-order chi connectivity index (χ1) is 11.7. The average Bonchev–Trinajstić information content (AvgIpc) is 2.86. The molecular weight excluding hydrogens is 325 g/mol. The average molecular weight is 354 g/mol. The number of allylic oxidation sites excluding steroid dienone is 1. The van der Waals surface area contributed by atoms with Crippen LogP contribution < -0.4 is 4.98 Å². The lowest BCUT2D eigenvalue weighted by Gasteiger charge is -2.39. The second kappa shape index (κ2) is 6.54. The van der Waals surface area contributed by atoms with Crippen LogP contribution in [0.1, 0.15) is 43.0 Å². The van der Waals surface area contributed by atoms with Crippen molar-refractivity contribution in [2.75, 3.05) is 0 Å². The number of hydrogen-bond acceptors (Lipinski definition) is 1. The molecule has 1 aliphatic rings. The topological polar surface area (TPSA) is 12.0 Å². The van der Waals surface area contributed by atoms with Crippen molar-refractivity contribution in [3.05, 3.63) is 76.6 Å². The fourth-order valence-electron chi connectivity index (χ4n) is 4.27. The minimum Gasteiger partial charge on any atom is -0.332 e. The van der Waals surface area contributed by atoms with E-state index in [1.165, 1.54) is 22.3 Å². The molecule has 0 spiro atoms. The zero-order chi connectivity index (χ0) is 18.2. The van der Waals surface area contributed by atoms with E-state index in [1.54, 1.807) is 12.1 Å². The van der Waals surface area contributed by atoms with Gasteiger partial charge in [-0.3, -0.25) is 0 Å². The number of nitrogens with one attached hydrogen (secondary N) is 1. The van der Waals surface area contributed by atoms with Crippen molar-refractivity contribution in [2.45, 2.75) is 51.4 Å². The van der Waals surface area contributed by atoms with E-state index in [-0.39, 0.29) is 11.4 Å². The van der Waals surface area contributed by atoms with Gasteiger partial charge in [0.2, 0.25) is 0 Å². The fraction of sp³-hybridized carbons (Fsp3) is 0.364. The van der Waals surface area contributed by atoms with Crippen molar-refractivity contribution < 1.29 is 4.39 Å². The molecule has 0 fully saturated rings. The molecular formula is C22H28FNSi. The third-order valence-electron chi connectivity index (χ3n) is 4.76. The Bertz CT molecular complexity index is 784. The van der Waals surface area contributed by atoms with E-state index in [2.05, 4.69) is 69.2 Å². The Morgan fingerprint density at radius 1 is 1.00 bits per heavy atom. The monoisotopic (exact) mass is 353 g/mol. The highest BCUT2D eigenvalue weighted by Crippen LogP contribution is 2.43. The van der Waals surface area contributed by atoms with Crippen LogP contribution in [0.15, 0.2) is 54.1 Å². The molecule has 1 aliphatic carbocycles. The predicted octanol–water partition coefficient (Wildman–Crippen LogP) is 5.68. The molecule has 0 radical (unpaired) electrons. The number of fused-ring (bicyclic) bond motifs is 1. The summed E-state index contributed by atoms with van der Waals surface area (Å²) in [6.45, 7) is 11.6.